The van der Waals surface area contributed by atoms with Crippen LogP contribution in [-0.2, 0) is 20.0 Å². The fourth-order valence-corrected chi connectivity index (χ4v) is 3.18. The van der Waals surface area contributed by atoms with E-state index in [0.717, 1.165) is 0 Å². The maximum atomic E-state index is 12.0. The second-order valence-electron chi connectivity index (χ2n) is 3.54. The first-order valence-electron chi connectivity index (χ1n) is 5.35. The lowest BCUT2D eigenvalue weighted by Crippen LogP contribution is -2.33. The minimum atomic E-state index is -3.80. The SMILES string of the molecule is CNc1ccncc1S(=O)(=O)NCCS(=O)(=O)NC. The average molecular weight is 308 g/mol. The van der Waals surface area contributed by atoms with Gasteiger partial charge in [-0.15, -0.1) is 0 Å². The van der Waals surface area contributed by atoms with Gasteiger partial charge in [-0.3, -0.25) is 4.98 Å². The Hall–Kier alpha value is -1.23. The van der Waals surface area contributed by atoms with E-state index in [1.807, 2.05) is 0 Å². The van der Waals surface area contributed by atoms with Gasteiger partial charge in [0, 0.05) is 26.0 Å². The molecule has 0 aromatic carbocycles. The van der Waals surface area contributed by atoms with Gasteiger partial charge in [0.1, 0.15) is 4.90 Å². The zero-order valence-electron chi connectivity index (χ0n) is 10.5. The highest BCUT2D eigenvalue weighted by molar-refractivity contribution is 7.90. The summed E-state index contributed by atoms with van der Waals surface area (Å²) >= 11 is 0. The summed E-state index contributed by atoms with van der Waals surface area (Å²) in [6.45, 7) is -0.219. The zero-order chi connectivity index (χ0) is 14.5. The first kappa shape index (κ1) is 15.8. The molecular formula is C9H16N4O4S2. The summed E-state index contributed by atoms with van der Waals surface area (Å²) < 4.78 is 50.6. The molecule has 8 nitrogen and oxygen atoms in total. The number of aromatic nitrogens is 1. The van der Waals surface area contributed by atoms with E-state index in [0.29, 0.717) is 5.69 Å². The first-order chi connectivity index (χ1) is 8.82. The van der Waals surface area contributed by atoms with Crippen molar-refractivity contribution in [2.75, 3.05) is 31.7 Å². The topological polar surface area (TPSA) is 117 Å². The van der Waals surface area contributed by atoms with Crippen molar-refractivity contribution < 1.29 is 16.8 Å². The summed E-state index contributed by atoms with van der Waals surface area (Å²) in [7, 11) is -4.40. The third kappa shape index (κ3) is 4.42. The van der Waals surface area contributed by atoms with Crippen molar-refractivity contribution in [3.05, 3.63) is 18.5 Å². The summed E-state index contributed by atoms with van der Waals surface area (Å²) in [4.78, 5) is 3.71. The number of nitrogens with one attached hydrogen (secondary N) is 3. The highest BCUT2D eigenvalue weighted by atomic mass is 32.2. The van der Waals surface area contributed by atoms with Gasteiger partial charge in [0.15, 0.2) is 0 Å². The molecule has 10 heteroatoms. The van der Waals surface area contributed by atoms with Crippen LogP contribution >= 0.6 is 0 Å². The lowest BCUT2D eigenvalue weighted by molar-refractivity contribution is 0.578. The van der Waals surface area contributed by atoms with Crippen molar-refractivity contribution in [3.63, 3.8) is 0 Å². The minimum absolute atomic E-state index is 0.0284. The number of rotatable bonds is 7. The summed E-state index contributed by atoms with van der Waals surface area (Å²) in [5.74, 6) is -0.335. The zero-order valence-corrected chi connectivity index (χ0v) is 12.2. The van der Waals surface area contributed by atoms with Gasteiger partial charge < -0.3 is 5.32 Å². The van der Waals surface area contributed by atoms with E-state index in [1.165, 1.54) is 25.5 Å². The Morgan fingerprint density at radius 2 is 1.89 bits per heavy atom. The Kier molecular flexibility index (Phi) is 5.23. The van der Waals surface area contributed by atoms with Crippen molar-refractivity contribution in [2.45, 2.75) is 4.90 Å². The Morgan fingerprint density at radius 3 is 2.47 bits per heavy atom. The molecule has 1 heterocycles. The lowest BCUT2D eigenvalue weighted by Gasteiger charge is -2.10. The maximum Gasteiger partial charge on any atom is 0.244 e. The highest BCUT2D eigenvalue weighted by Gasteiger charge is 2.19. The molecule has 19 heavy (non-hydrogen) atoms. The van der Waals surface area contributed by atoms with Crippen molar-refractivity contribution in [1.29, 1.82) is 0 Å². The van der Waals surface area contributed by atoms with E-state index >= 15 is 0 Å². The van der Waals surface area contributed by atoms with Crippen LogP contribution in [-0.4, -0.2) is 48.2 Å². The maximum absolute atomic E-state index is 12.0. The standard InChI is InChI=1S/C9H16N4O4S2/c1-10-8-3-4-12-7-9(8)19(16,17)13-5-6-18(14,15)11-2/h3-4,7,11,13H,5-6H2,1-2H3,(H,10,12). The van der Waals surface area contributed by atoms with E-state index in [2.05, 4.69) is 19.7 Å². The van der Waals surface area contributed by atoms with Crippen molar-refractivity contribution >= 4 is 25.7 Å². The van der Waals surface area contributed by atoms with Gasteiger partial charge in [0.2, 0.25) is 20.0 Å². The van der Waals surface area contributed by atoms with Crippen molar-refractivity contribution in [3.8, 4) is 0 Å². The van der Waals surface area contributed by atoms with E-state index in [1.54, 1.807) is 7.05 Å². The molecule has 0 spiro atoms. The van der Waals surface area contributed by atoms with E-state index in [-0.39, 0.29) is 17.2 Å². The first-order valence-corrected chi connectivity index (χ1v) is 8.48. The molecule has 108 valence electrons. The summed E-state index contributed by atoms with van der Waals surface area (Å²) in [6.07, 6.45) is 2.65. The van der Waals surface area contributed by atoms with E-state index in [4.69, 9.17) is 0 Å². The molecular weight excluding hydrogens is 292 g/mol. The quantitative estimate of drug-likeness (QED) is 0.592. The Morgan fingerprint density at radius 1 is 1.21 bits per heavy atom. The molecule has 0 amide bonds. The minimum Gasteiger partial charge on any atom is -0.387 e. The molecule has 0 bridgehead atoms. The second-order valence-corrected chi connectivity index (χ2v) is 7.32. The predicted octanol–water partition coefficient (Wildman–Crippen LogP) is -1.05. The van der Waals surface area contributed by atoms with Crippen LogP contribution in [0.2, 0.25) is 0 Å². The van der Waals surface area contributed by atoms with Crippen molar-refractivity contribution in [1.82, 2.24) is 14.4 Å². The van der Waals surface area contributed by atoms with E-state index in [9.17, 15) is 16.8 Å². The fourth-order valence-electron chi connectivity index (χ4n) is 1.29. The molecule has 1 rings (SSSR count). The Bertz CT molecular complexity index is 627. The number of pyridine rings is 1. The van der Waals surface area contributed by atoms with Crippen LogP contribution in [0.4, 0.5) is 5.69 Å². The molecule has 0 aliphatic heterocycles. The molecule has 0 fully saturated rings. The van der Waals surface area contributed by atoms with Gasteiger partial charge in [0.05, 0.1) is 11.4 Å². The lowest BCUT2D eigenvalue weighted by atomic mass is 10.4. The molecule has 0 atom stereocenters. The van der Waals surface area contributed by atoms with Crippen molar-refractivity contribution in [2.24, 2.45) is 0 Å². The van der Waals surface area contributed by atoms with E-state index < -0.39 is 20.0 Å². The normalized spacial score (nSPS) is 12.3. The molecule has 1 aromatic heterocycles. The van der Waals surface area contributed by atoms with Crippen LogP contribution in [0, 0.1) is 0 Å². The fraction of sp³-hybridized carbons (Fsp3) is 0.444. The largest absolute Gasteiger partial charge is 0.387 e. The number of hydrogen-bond donors (Lipinski definition) is 3. The molecule has 0 radical (unpaired) electrons. The average Bonchev–Trinajstić information content (AvgIpc) is 2.38. The molecule has 0 saturated heterocycles. The molecule has 0 unspecified atom stereocenters. The highest BCUT2D eigenvalue weighted by Crippen LogP contribution is 2.18. The number of nitrogens with zero attached hydrogens (tertiary/aromatic N) is 1. The number of anilines is 1. The van der Waals surface area contributed by atoms with Crippen LogP contribution < -0.4 is 14.8 Å². The van der Waals surface area contributed by atoms with Gasteiger partial charge in [-0.1, -0.05) is 0 Å². The molecule has 3 N–H and O–H groups in total. The molecule has 0 aliphatic carbocycles. The van der Waals surface area contributed by atoms with Crippen LogP contribution in [0.1, 0.15) is 0 Å². The third-order valence-electron chi connectivity index (χ3n) is 2.32. The summed E-state index contributed by atoms with van der Waals surface area (Å²) in [5.41, 5.74) is 0.388. The van der Waals surface area contributed by atoms with Crippen LogP contribution in [0.5, 0.6) is 0 Å². The van der Waals surface area contributed by atoms with Gasteiger partial charge in [0.25, 0.3) is 0 Å². The number of sulfonamides is 2. The predicted molar refractivity (Wildman–Crippen MR) is 71.8 cm³/mol. The molecule has 0 saturated carbocycles. The second kappa shape index (κ2) is 6.28. The third-order valence-corrected chi connectivity index (χ3v) is 5.17. The monoisotopic (exact) mass is 308 g/mol. The van der Waals surface area contributed by atoms with Gasteiger partial charge in [-0.2, -0.15) is 0 Å². The van der Waals surface area contributed by atoms with Crippen LogP contribution in [0.25, 0.3) is 0 Å². The van der Waals surface area contributed by atoms with Gasteiger partial charge >= 0.3 is 0 Å². The molecule has 0 aliphatic rings. The van der Waals surface area contributed by atoms with Crippen LogP contribution in [0.15, 0.2) is 23.4 Å². The number of hydrogen-bond acceptors (Lipinski definition) is 6. The smallest absolute Gasteiger partial charge is 0.244 e. The summed E-state index contributed by atoms with van der Waals surface area (Å²) in [5, 5.41) is 2.73. The Balaban J connectivity index is 2.82. The van der Waals surface area contributed by atoms with Gasteiger partial charge in [-0.05, 0) is 13.1 Å². The summed E-state index contributed by atoms with van der Waals surface area (Å²) in [6, 6.07) is 1.51. The van der Waals surface area contributed by atoms with Gasteiger partial charge in [-0.25, -0.2) is 26.3 Å². The Labute approximate surface area is 112 Å². The van der Waals surface area contributed by atoms with Crippen LogP contribution in [0.3, 0.4) is 0 Å². The molecule has 1 aromatic rings.